The summed E-state index contributed by atoms with van der Waals surface area (Å²) >= 11 is 0. The van der Waals surface area contributed by atoms with E-state index in [0.717, 1.165) is 24.1 Å². The zero-order valence-electron chi connectivity index (χ0n) is 17.2. The average Bonchev–Trinajstić information content (AvgIpc) is 3.07. The third-order valence-electron chi connectivity index (χ3n) is 4.72. The van der Waals surface area contributed by atoms with Crippen LogP contribution in [-0.4, -0.2) is 43.5 Å². The number of hydrogen-bond donors (Lipinski definition) is 2. The minimum Gasteiger partial charge on any atom is -0.455 e. The number of hydrogen-bond acceptors (Lipinski definition) is 5. The quantitative estimate of drug-likeness (QED) is 0.646. The lowest BCUT2D eigenvalue weighted by molar-refractivity contribution is -0.152. The number of anilines is 1. The molecule has 8 nitrogen and oxygen atoms in total. The Bertz CT molecular complexity index is 745. The Balaban J connectivity index is 1.77. The number of amides is 4. The van der Waals surface area contributed by atoms with Crippen molar-refractivity contribution in [1.29, 1.82) is 0 Å². The van der Waals surface area contributed by atoms with Gasteiger partial charge in [0.05, 0.1) is 5.92 Å². The normalized spacial score (nSPS) is 16.1. The molecule has 29 heavy (non-hydrogen) atoms. The fraction of sp³-hybridized carbons (Fsp3) is 0.524. The first-order valence-corrected chi connectivity index (χ1v) is 9.93. The van der Waals surface area contributed by atoms with E-state index in [9.17, 15) is 19.2 Å². The van der Waals surface area contributed by atoms with E-state index in [-0.39, 0.29) is 18.9 Å². The monoisotopic (exact) mass is 403 g/mol. The van der Waals surface area contributed by atoms with Crippen molar-refractivity contribution in [3.05, 3.63) is 29.8 Å². The molecule has 1 aliphatic heterocycles. The number of urea groups is 1. The van der Waals surface area contributed by atoms with E-state index in [1.165, 1.54) is 0 Å². The van der Waals surface area contributed by atoms with Crippen molar-refractivity contribution in [1.82, 2.24) is 10.6 Å². The Morgan fingerprint density at radius 1 is 1.21 bits per heavy atom. The SMILES string of the molecule is CCc1ccc(N2C[C@H](C(=O)OCC(=O)NC(=O)NCCC(C)C)CC2=O)cc1. The van der Waals surface area contributed by atoms with Crippen LogP contribution in [0.5, 0.6) is 0 Å². The number of aryl methyl sites for hydroxylation is 1. The van der Waals surface area contributed by atoms with Gasteiger partial charge >= 0.3 is 12.0 Å². The van der Waals surface area contributed by atoms with Crippen molar-refractivity contribution in [2.45, 2.75) is 40.0 Å². The fourth-order valence-electron chi connectivity index (χ4n) is 2.96. The Morgan fingerprint density at radius 3 is 2.52 bits per heavy atom. The van der Waals surface area contributed by atoms with Gasteiger partial charge in [-0.15, -0.1) is 0 Å². The number of carbonyl (C=O) groups is 4. The van der Waals surface area contributed by atoms with Gasteiger partial charge in [0.1, 0.15) is 0 Å². The van der Waals surface area contributed by atoms with Gasteiger partial charge in [0.2, 0.25) is 5.91 Å². The van der Waals surface area contributed by atoms with Gasteiger partial charge in [0.15, 0.2) is 6.61 Å². The van der Waals surface area contributed by atoms with Gasteiger partial charge in [-0.2, -0.15) is 0 Å². The van der Waals surface area contributed by atoms with Crippen molar-refractivity contribution < 1.29 is 23.9 Å². The molecule has 0 aromatic heterocycles. The van der Waals surface area contributed by atoms with Crippen LogP contribution in [0.4, 0.5) is 10.5 Å². The van der Waals surface area contributed by atoms with Gasteiger partial charge in [0, 0.05) is 25.2 Å². The molecule has 2 N–H and O–H groups in total. The second-order valence-corrected chi connectivity index (χ2v) is 7.52. The maximum atomic E-state index is 12.3. The minimum absolute atomic E-state index is 0.0334. The molecule has 8 heteroatoms. The van der Waals surface area contributed by atoms with E-state index in [0.29, 0.717) is 12.5 Å². The van der Waals surface area contributed by atoms with Crippen LogP contribution in [0.3, 0.4) is 0 Å². The number of imide groups is 1. The largest absolute Gasteiger partial charge is 0.455 e. The zero-order chi connectivity index (χ0) is 21.4. The summed E-state index contributed by atoms with van der Waals surface area (Å²) in [5, 5.41) is 4.67. The summed E-state index contributed by atoms with van der Waals surface area (Å²) < 4.78 is 4.99. The molecule has 0 spiro atoms. The van der Waals surface area contributed by atoms with Gasteiger partial charge in [0.25, 0.3) is 5.91 Å². The Kier molecular flexibility index (Phi) is 8.18. The van der Waals surface area contributed by atoms with E-state index in [4.69, 9.17) is 4.74 Å². The molecule has 2 rings (SSSR count). The molecule has 0 unspecified atom stereocenters. The molecule has 0 bridgehead atoms. The van der Waals surface area contributed by atoms with Crippen LogP contribution in [0.1, 0.15) is 39.2 Å². The average molecular weight is 403 g/mol. The highest BCUT2D eigenvalue weighted by Crippen LogP contribution is 2.26. The lowest BCUT2D eigenvalue weighted by Crippen LogP contribution is -2.42. The highest BCUT2D eigenvalue weighted by Gasteiger charge is 2.36. The molecule has 1 saturated heterocycles. The molecule has 1 aromatic carbocycles. The van der Waals surface area contributed by atoms with Crippen LogP contribution in [0, 0.1) is 11.8 Å². The molecule has 0 saturated carbocycles. The number of carbonyl (C=O) groups excluding carboxylic acids is 4. The summed E-state index contributed by atoms with van der Waals surface area (Å²) in [5.74, 6) is -1.70. The van der Waals surface area contributed by atoms with Crippen molar-refractivity contribution in [2.24, 2.45) is 11.8 Å². The van der Waals surface area contributed by atoms with E-state index >= 15 is 0 Å². The molecule has 0 aliphatic carbocycles. The fourth-order valence-corrected chi connectivity index (χ4v) is 2.96. The van der Waals surface area contributed by atoms with Crippen LogP contribution >= 0.6 is 0 Å². The predicted octanol–water partition coefficient (Wildman–Crippen LogP) is 2.02. The number of nitrogens with zero attached hydrogens (tertiary/aromatic N) is 1. The number of nitrogens with one attached hydrogen (secondary N) is 2. The molecular weight excluding hydrogens is 374 g/mol. The molecule has 0 radical (unpaired) electrons. The highest BCUT2D eigenvalue weighted by molar-refractivity contribution is 6.00. The van der Waals surface area contributed by atoms with Crippen LogP contribution in [0.2, 0.25) is 0 Å². The maximum absolute atomic E-state index is 12.3. The molecule has 1 fully saturated rings. The van der Waals surface area contributed by atoms with Crippen molar-refractivity contribution >= 4 is 29.5 Å². The lowest BCUT2D eigenvalue weighted by atomic mass is 10.1. The van der Waals surface area contributed by atoms with Gasteiger partial charge < -0.3 is 15.0 Å². The van der Waals surface area contributed by atoms with Crippen LogP contribution in [0.15, 0.2) is 24.3 Å². The first kappa shape index (κ1) is 22.4. The standard InChI is InChI=1S/C21H29N3O5/c1-4-15-5-7-17(8-6-15)24-12-16(11-19(24)26)20(27)29-13-18(25)23-21(28)22-10-9-14(2)3/h5-8,14,16H,4,9-13H2,1-3H3,(H2,22,23,25,28)/t16-/m1/s1. The van der Waals surface area contributed by atoms with E-state index in [1.54, 1.807) is 4.90 Å². The third-order valence-corrected chi connectivity index (χ3v) is 4.72. The smallest absolute Gasteiger partial charge is 0.321 e. The van der Waals surface area contributed by atoms with Gasteiger partial charge in [-0.1, -0.05) is 32.9 Å². The number of rotatable bonds is 8. The summed E-state index contributed by atoms with van der Waals surface area (Å²) in [6.07, 6.45) is 1.73. The molecule has 1 heterocycles. The number of esters is 1. The second kappa shape index (κ2) is 10.6. The molecular formula is C21H29N3O5. The first-order valence-electron chi connectivity index (χ1n) is 9.93. The number of ether oxygens (including phenoxy) is 1. The van der Waals surface area contributed by atoms with Crippen LogP contribution < -0.4 is 15.5 Å². The van der Waals surface area contributed by atoms with Gasteiger partial charge in [-0.25, -0.2) is 4.79 Å². The number of benzene rings is 1. The summed E-state index contributed by atoms with van der Waals surface area (Å²) in [7, 11) is 0. The summed E-state index contributed by atoms with van der Waals surface area (Å²) in [6, 6.07) is 6.99. The van der Waals surface area contributed by atoms with Gasteiger partial charge in [-0.3, -0.25) is 19.7 Å². The van der Waals surface area contributed by atoms with E-state index < -0.39 is 30.4 Å². The Labute approximate surface area is 171 Å². The van der Waals surface area contributed by atoms with E-state index in [1.807, 2.05) is 45.0 Å². The van der Waals surface area contributed by atoms with E-state index in [2.05, 4.69) is 10.6 Å². The summed E-state index contributed by atoms with van der Waals surface area (Å²) in [4.78, 5) is 49.4. The first-order chi connectivity index (χ1) is 13.8. The molecule has 1 aliphatic rings. The highest BCUT2D eigenvalue weighted by atomic mass is 16.5. The third kappa shape index (κ3) is 6.89. The summed E-state index contributed by atoms with van der Waals surface area (Å²) in [5.41, 5.74) is 1.90. The molecule has 1 aromatic rings. The lowest BCUT2D eigenvalue weighted by Gasteiger charge is -2.17. The molecule has 1 atom stereocenters. The Morgan fingerprint density at radius 2 is 1.90 bits per heavy atom. The zero-order valence-corrected chi connectivity index (χ0v) is 17.2. The predicted molar refractivity (Wildman–Crippen MR) is 108 cm³/mol. The molecule has 158 valence electrons. The van der Waals surface area contributed by atoms with Crippen molar-refractivity contribution in [3.8, 4) is 0 Å². The Hall–Kier alpha value is -2.90. The van der Waals surface area contributed by atoms with Crippen molar-refractivity contribution in [2.75, 3.05) is 24.6 Å². The van der Waals surface area contributed by atoms with Crippen molar-refractivity contribution in [3.63, 3.8) is 0 Å². The van der Waals surface area contributed by atoms with Gasteiger partial charge in [-0.05, 0) is 36.5 Å². The topological polar surface area (TPSA) is 105 Å². The summed E-state index contributed by atoms with van der Waals surface area (Å²) in [6.45, 7) is 6.20. The van der Waals surface area contributed by atoms with Crippen LogP contribution in [-0.2, 0) is 25.5 Å². The molecule has 4 amide bonds. The minimum atomic E-state index is -0.711. The maximum Gasteiger partial charge on any atom is 0.321 e. The van der Waals surface area contributed by atoms with Crippen LogP contribution in [0.25, 0.3) is 0 Å². The second-order valence-electron chi connectivity index (χ2n) is 7.52.